The van der Waals surface area contributed by atoms with Gasteiger partial charge in [-0.3, -0.25) is 14.0 Å². The Morgan fingerprint density at radius 1 is 1.25 bits per heavy atom. The second-order valence-electron chi connectivity index (χ2n) is 9.26. The largest absolute Gasteiger partial charge is 0.336 e. The number of fused-ring (bicyclic) bond motifs is 1. The minimum Gasteiger partial charge on any atom is -0.336 e. The van der Waals surface area contributed by atoms with Crippen LogP contribution in [-0.2, 0) is 7.05 Å². The maximum Gasteiger partial charge on any atom is 0.274 e. The van der Waals surface area contributed by atoms with Gasteiger partial charge >= 0.3 is 0 Å². The molecule has 5 rings (SSSR count). The minimum absolute atomic E-state index is 0.0692. The molecule has 0 N–H and O–H groups in total. The van der Waals surface area contributed by atoms with Gasteiger partial charge in [-0.15, -0.1) is 0 Å². The Labute approximate surface area is 213 Å². The SMILES string of the molecule is [C-]#[N+]c1ccc(-c2nc(C(=O)N3CC[C@H](N(C)C)C3)c(C)n2-c2ccc3nn(C)c(Cl)c3c2)cc1F. The van der Waals surface area contributed by atoms with Gasteiger partial charge in [-0.25, -0.2) is 14.2 Å². The summed E-state index contributed by atoms with van der Waals surface area (Å²) < 4.78 is 18.0. The molecule has 1 aliphatic heterocycles. The van der Waals surface area contributed by atoms with Crippen molar-refractivity contribution < 1.29 is 9.18 Å². The van der Waals surface area contributed by atoms with Crippen LogP contribution >= 0.6 is 11.6 Å². The lowest BCUT2D eigenvalue weighted by Crippen LogP contribution is -2.34. The van der Waals surface area contributed by atoms with Gasteiger partial charge in [-0.2, -0.15) is 5.10 Å². The number of carbonyl (C=O) groups excluding carboxylic acids is 1. The summed E-state index contributed by atoms with van der Waals surface area (Å²) in [6.45, 7) is 10.3. The van der Waals surface area contributed by atoms with Crippen molar-refractivity contribution in [1.82, 2.24) is 29.1 Å². The highest BCUT2D eigenvalue weighted by atomic mass is 35.5. The number of hydrogen-bond acceptors (Lipinski definition) is 4. The number of carbonyl (C=O) groups is 1. The van der Waals surface area contributed by atoms with Gasteiger partial charge in [0.1, 0.15) is 22.5 Å². The quantitative estimate of drug-likeness (QED) is 0.372. The van der Waals surface area contributed by atoms with Crippen LogP contribution in [-0.4, -0.2) is 68.3 Å². The smallest absolute Gasteiger partial charge is 0.274 e. The normalized spacial score (nSPS) is 15.7. The summed E-state index contributed by atoms with van der Waals surface area (Å²) in [7, 11) is 5.79. The highest BCUT2D eigenvalue weighted by Gasteiger charge is 2.32. The lowest BCUT2D eigenvalue weighted by molar-refractivity contribution is 0.0777. The van der Waals surface area contributed by atoms with Crippen LogP contribution in [0.15, 0.2) is 36.4 Å². The molecular formula is C26H25ClFN7O. The average molecular weight is 506 g/mol. The molecule has 0 spiro atoms. The molecule has 1 aliphatic rings. The lowest BCUT2D eigenvalue weighted by atomic mass is 10.1. The molecule has 4 aromatic rings. The zero-order chi connectivity index (χ0) is 25.7. The van der Waals surface area contributed by atoms with Gasteiger partial charge < -0.3 is 9.80 Å². The predicted octanol–water partition coefficient (Wildman–Crippen LogP) is 4.85. The van der Waals surface area contributed by atoms with Crippen molar-refractivity contribution in [1.29, 1.82) is 0 Å². The van der Waals surface area contributed by atoms with Crippen LogP contribution in [0.5, 0.6) is 0 Å². The van der Waals surface area contributed by atoms with E-state index in [4.69, 9.17) is 23.2 Å². The van der Waals surface area contributed by atoms with E-state index in [1.807, 2.05) is 48.7 Å². The number of amides is 1. The Hall–Kier alpha value is -3.74. The standard InChI is InChI=1S/C26H25ClFN7O/c1-15-23(26(36)34-11-10-18(14-34)32(3)4)30-25(16-6-8-22(29-2)20(28)12-16)35(15)17-7-9-21-19(13-17)24(27)33(5)31-21/h6-9,12-13,18H,10-11,14H2,1,3-5H3/t18-/m0/s1. The predicted molar refractivity (Wildman–Crippen MR) is 137 cm³/mol. The summed E-state index contributed by atoms with van der Waals surface area (Å²) in [6.07, 6.45) is 0.894. The van der Waals surface area contributed by atoms with E-state index in [0.717, 1.165) is 23.0 Å². The molecule has 8 nitrogen and oxygen atoms in total. The van der Waals surface area contributed by atoms with Crippen LogP contribution in [0.1, 0.15) is 22.6 Å². The average Bonchev–Trinajstić information content (AvgIpc) is 3.55. The maximum atomic E-state index is 14.6. The summed E-state index contributed by atoms with van der Waals surface area (Å²) in [5.41, 5.74) is 2.81. The first-order valence-electron chi connectivity index (χ1n) is 11.5. The Kier molecular flexibility index (Phi) is 6.02. The van der Waals surface area contributed by atoms with Crippen molar-refractivity contribution in [3.8, 4) is 17.1 Å². The maximum absolute atomic E-state index is 14.6. The number of halogens is 2. The highest BCUT2D eigenvalue weighted by molar-refractivity contribution is 6.34. The van der Waals surface area contributed by atoms with E-state index in [1.54, 1.807) is 17.8 Å². The van der Waals surface area contributed by atoms with E-state index in [9.17, 15) is 9.18 Å². The van der Waals surface area contributed by atoms with E-state index in [2.05, 4.69) is 14.8 Å². The van der Waals surface area contributed by atoms with Crippen LogP contribution in [0.2, 0.25) is 5.15 Å². The third kappa shape index (κ3) is 3.92. The lowest BCUT2D eigenvalue weighted by Gasteiger charge is -2.20. The fourth-order valence-corrected chi connectivity index (χ4v) is 4.93. The molecule has 3 heterocycles. The topological polar surface area (TPSA) is 63.6 Å². The van der Waals surface area contributed by atoms with E-state index < -0.39 is 5.82 Å². The van der Waals surface area contributed by atoms with Crippen LogP contribution in [0, 0.1) is 19.3 Å². The molecule has 1 saturated heterocycles. The molecular weight excluding hydrogens is 481 g/mol. The summed E-state index contributed by atoms with van der Waals surface area (Å²) in [5, 5.41) is 5.65. The number of nitrogens with zero attached hydrogens (tertiary/aromatic N) is 7. The zero-order valence-corrected chi connectivity index (χ0v) is 21.2. The molecule has 10 heteroatoms. The van der Waals surface area contributed by atoms with Crippen molar-refractivity contribution in [2.75, 3.05) is 27.2 Å². The molecule has 0 aliphatic carbocycles. The summed E-state index contributed by atoms with van der Waals surface area (Å²) in [5.74, 6) is -0.383. The van der Waals surface area contributed by atoms with Crippen LogP contribution in [0.4, 0.5) is 10.1 Å². The van der Waals surface area contributed by atoms with E-state index >= 15 is 0 Å². The monoisotopic (exact) mass is 505 g/mol. The fourth-order valence-electron chi connectivity index (χ4n) is 4.74. The first-order chi connectivity index (χ1) is 17.2. The zero-order valence-electron chi connectivity index (χ0n) is 20.5. The summed E-state index contributed by atoms with van der Waals surface area (Å²) in [6, 6.07) is 10.3. The molecule has 184 valence electrons. The molecule has 2 aromatic heterocycles. The molecule has 2 aromatic carbocycles. The first kappa shape index (κ1) is 24.0. The number of hydrogen-bond donors (Lipinski definition) is 0. The molecule has 1 atom stereocenters. The van der Waals surface area contributed by atoms with Gasteiger partial charge in [-0.1, -0.05) is 23.7 Å². The summed E-state index contributed by atoms with van der Waals surface area (Å²) >= 11 is 6.47. The van der Waals surface area contributed by atoms with Crippen molar-refractivity contribution in [2.45, 2.75) is 19.4 Å². The van der Waals surface area contributed by atoms with E-state index in [1.165, 1.54) is 12.1 Å². The molecule has 0 bridgehead atoms. The summed E-state index contributed by atoms with van der Waals surface area (Å²) in [4.78, 5) is 25.5. The van der Waals surface area contributed by atoms with Gasteiger partial charge in [-0.05, 0) is 51.7 Å². The molecule has 0 unspecified atom stereocenters. The van der Waals surface area contributed by atoms with Gasteiger partial charge in [0.05, 0.1) is 17.8 Å². The van der Waals surface area contributed by atoms with Gasteiger partial charge in [0.2, 0.25) is 5.69 Å². The second kappa shape index (κ2) is 9.04. The highest BCUT2D eigenvalue weighted by Crippen LogP contribution is 2.33. The number of benzene rings is 2. The molecule has 1 amide bonds. The number of aryl methyl sites for hydroxylation is 1. The Morgan fingerprint density at radius 3 is 2.69 bits per heavy atom. The third-order valence-corrected chi connectivity index (χ3v) is 7.27. The number of rotatable bonds is 4. The van der Waals surface area contributed by atoms with Crippen LogP contribution < -0.4 is 0 Å². The number of imidazole rings is 1. The van der Waals surface area contributed by atoms with E-state index in [0.29, 0.717) is 47.1 Å². The molecule has 1 fully saturated rings. The van der Waals surface area contributed by atoms with Gasteiger partial charge in [0, 0.05) is 42.8 Å². The Bertz CT molecular complexity index is 1550. The van der Waals surface area contributed by atoms with Crippen molar-refractivity contribution in [3.63, 3.8) is 0 Å². The first-order valence-corrected chi connectivity index (χ1v) is 11.9. The van der Waals surface area contributed by atoms with Crippen molar-refractivity contribution in [3.05, 3.63) is 70.2 Å². The van der Waals surface area contributed by atoms with Crippen molar-refractivity contribution in [2.24, 2.45) is 7.05 Å². The van der Waals surface area contributed by atoms with Gasteiger partial charge in [0.25, 0.3) is 5.91 Å². The van der Waals surface area contributed by atoms with Crippen LogP contribution in [0.3, 0.4) is 0 Å². The second-order valence-corrected chi connectivity index (χ2v) is 9.61. The van der Waals surface area contributed by atoms with Crippen LogP contribution in [0.25, 0.3) is 32.8 Å². The Morgan fingerprint density at radius 2 is 2.03 bits per heavy atom. The Balaban J connectivity index is 1.67. The molecule has 0 radical (unpaired) electrons. The fraction of sp³-hybridized carbons (Fsp3) is 0.308. The molecule has 0 saturated carbocycles. The number of likely N-dealkylation sites (N-methyl/N-ethyl adjacent to an activating group) is 1. The van der Waals surface area contributed by atoms with E-state index in [-0.39, 0.29) is 11.6 Å². The number of aromatic nitrogens is 4. The number of likely N-dealkylation sites (tertiary alicyclic amines) is 1. The third-order valence-electron chi connectivity index (χ3n) is 6.82. The van der Waals surface area contributed by atoms with Crippen molar-refractivity contribution >= 4 is 34.1 Å². The minimum atomic E-state index is -0.637. The van der Waals surface area contributed by atoms with Gasteiger partial charge in [0.15, 0.2) is 0 Å². The molecule has 36 heavy (non-hydrogen) atoms.